The predicted octanol–water partition coefficient (Wildman–Crippen LogP) is 4.42. The molecule has 1 unspecified atom stereocenters. The van der Waals surface area contributed by atoms with Crippen LogP contribution >= 0.6 is 24.0 Å². The van der Waals surface area contributed by atoms with Crippen molar-refractivity contribution in [2.75, 3.05) is 19.7 Å². The van der Waals surface area contributed by atoms with Gasteiger partial charge in [-0.25, -0.2) is 4.99 Å². The molecular formula is C21H27F3IN3O2. The van der Waals surface area contributed by atoms with E-state index in [0.29, 0.717) is 32.0 Å². The van der Waals surface area contributed by atoms with Crippen molar-refractivity contribution < 1.29 is 23.0 Å². The number of alkyl halides is 3. The Labute approximate surface area is 191 Å². The Bertz CT molecular complexity index is 756. The fourth-order valence-electron chi connectivity index (χ4n) is 2.54. The highest BCUT2D eigenvalue weighted by Crippen LogP contribution is 2.19. The third-order valence-electron chi connectivity index (χ3n) is 3.98. The van der Waals surface area contributed by atoms with Gasteiger partial charge in [0.2, 0.25) is 0 Å². The van der Waals surface area contributed by atoms with E-state index in [4.69, 9.17) is 4.74 Å². The predicted molar refractivity (Wildman–Crippen MR) is 122 cm³/mol. The Morgan fingerprint density at radius 2 is 1.73 bits per heavy atom. The number of nitrogens with one attached hydrogen (secondary N) is 2. The average molecular weight is 537 g/mol. The molecule has 0 bridgehead atoms. The molecule has 0 aliphatic rings. The highest BCUT2D eigenvalue weighted by molar-refractivity contribution is 14.0. The van der Waals surface area contributed by atoms with Crippen molar-refractivity contribution >= 4 is 29.9 Å². The molecule has 0 saturated carbocycles. The monoisotopic (exact) mass is 537 g/mol. The van der Waals surface area contributed by atoms with Gasteiger partial charge in [-0.2, -0.15) is 13.2 Å². The molecule has 0 heterocycles. The van der Waals surface area contributed by atoms with Crippen LogP contribution in [0.5, 0.6) is 5.75 Å². The van der Waals surface area contributed by atoms with Gasteiger partial charge in [0.15, 0.2) is 12.6 Å². The van der Waals surface area contributed by atoms with Crippen molar-refractivity contribution in [3.05, 3.63) is 65.7 Å². The topological polar surface area (TPSA) is 65.9 Å². The molecule has 30 heavy (non-hydrogen) atoms. The van der Waals surface area contributed by atoms with Gasteiger partial charge in [0.25, 0.3) is 0 Å². The number of guanidine groups is 1. The van der Waals surface area contributed by atoms with Crippen LogP contribution in [0.3, 0.4) is 0 Å². The van der Waals surface area contributed by atoms with E-state index in [1.165, 1.54) is 12.1 Å². The number of halogens is 4. The number of hydrogen-bond acceptors (Lipinski definition) is 3. The largest absolute Gasteiger partial charge is 0.484 e. The van der Waals surface area contributed by atoms with Crippen molar-refractivity contribution in [3.8, 4) is 5.75 Å². The zero-order valence-corrected chi connectivity index (χ0v) is 19.0. The Kier molecular flexibility index (Phi) is 11.6. The number of hydrogen-bond donors (Lipinski definition) is 3. The van der Waals surface area contributed by atoms with Crippen LogP contribution in [-0.4, -0.2) is 36.9 Å². The second kappa shape index (κ2) is 13.3. The van der Waals surface area contributed by atoms with Gasteiger partial charge in [-0.05, 0) is 36.6 Å². The molecule has 0 fully saturated rings. The summed E-state index contributed by atoms with van der Waals surface area (Å²) in [5, 5.41) is 16.5. The summed E-state index contributed by atoms with van der Waals surface area (Å²) < 4.78 is 41.2. The second-order valence-electron chi connectivity index (χ2n) is 6.38. The van der Waals surface area contributed by atoms with E-state index in [1.807, 2.05) is 37.3 Å². The molecule has 166 valence electrons. The van der Waals surface area contributed by atoms with Crippen molar-refractivity contribution in [2.45, 2.75) is 32.2 Å². The second-order valence-corrected chi connectivity index (χ2v) is 6.38. The number of benzene rings is 2. The zero-order valence-electron chi connectivity index (χ0n) is 16.7. The van der Waals surface area contributed by atoms with Crippen LogP contribution in [0, 0.1) is 0 Å². The van der Waals surface area contributed by atoms with E-state index in [2.05, 4.69) is 15.6 Å². The summed E-state index contributed by atoms with van der Waals surface area (Å²) in [6.45, 7) is 2.20. The molecule has 0 saturated heterocycles. The molecular weight excluding hydrogens is 510 g/mol. The summed E-state index contributed by atoms with van der Waals surface area (Å²) >= 11 is 0. The number of nitrogens with zero attached hydrogens (tertiary/aromatic N) is 1. The molecule has 2 rings (SSSR count). The molecule has 3 N–H and O–H groups in total. The lowest BCUT2D eigenvalue weighted by molar-refractivity contribution is -0.153. The summed E-state index contributed by atoms with van der Waals surface area (Å²) in [7, 11) is 0. The Hall–Kier alpha value is -2.01. The maximum absolute atomic E-state index is 12.2. The molecule has 0 aliphatic carbocycles. The lowest BCUT2D eigenvalue weighted by Crippen LogP contribution is -2.38. The molecule has 5 nitrogen and oxygen atoms in total. The summed E-state index contributed by atoms with van der Waals surface area (Å²) in [6, 6.07) is 15.8. The van der Waals surface area contributed by atoms with Crippen LogP contribution in [0.4, 0.5) is 13.2 Å². The lowest BCUT2D eigenvalue weighted by atomic mass is 10.1. The van der Waals surface area contributed by atoms with Crippen molar-refractivity contribution in [1.82, 2.24) is 10.6 Å². The van der Waals surface area contributed by atoms with Gasteiger partial charge in [0.1, 0.15) is 5.75 Å². The van der Waals surface area contributed by atoms with Crippen LogP contribution in [0.15, 0.2) is 59.6 Å². The van der Waals surface area contributed by atoms with Gasteiger partial charge >= 0.3 is 6.18 Å². The van der Waals surface area contributed by atoms with Gasteiger partial charge < -0.3 is 20.5 Å². The van der Waals surface area contributed by atoms with Crippen LogP contribution < -0.4 is 15.4 Å². The quantitative estimate of drug-likeness (QED) is 0.252. The molecule has 0 amide bonds. The third kappa shape index (κ3) is 10.1. The Balaban J connectivity index is 0.00000450. The van der Waals surface area contributed by atoms with Crippen LogP contribution in [0.2, 0.25) is 0 Å². The number of aliphatic imine (C=N–C) groups is 1. The summed E-state index contributed by atoms with van der Waals surface area (Å²) in [5.74, 6) is 0.764. The minimum Gasteiger partial charge on any atom is -0.484 e. The summed E-state index contributed by atoms with van der Waals surface area (Å²) in [6.07, 6.45) is -4.39. The maximum atomic E-state index is 12.2. The SMILES string of the molecule is CCNC(=NCc1ccc(OCC(F)(F)F)cc1)NCCC(O)c1ccccc1.I. The fraction of sp³-hybridized carbons (Fsp3) is 0.381. The van der Waals surface area contributed by atoms with Crippen LogP contribution in [0.1, 0.15) is 30.6 Å². The van der Waals surface area contributed by atoms with Crippen LogP contribution in [0.25, 0.3) is 0 Å². The van der Waals surface area contributed by atoms with Gasteiger partial charge in [-0.1, -0.05) is 42.5 Å². The van der Waals surface area contributed by atoms with E-state index in [0.717, 1.165) is 11.1 Å². The standard InChI is InChI=1S/C21H26F3N3O2.HI/c1-2-25-20(26-13-12-19(28)17-6-4-3-5-7-17)27-14-16-8-10-18(11-9-16)29-15-21(22,23)24;/h3-11,19,28H,2,12-15H2,1H3,(H2,25,26,27);1H. The van der Waals surface area contributed by atoms with E-state index in [9.17, 15) is 18.3 Å². The van der Waals surface area contributed by atoms with Crippen LogP contribution in [-0.2, 0) is 6.54 Å². The minimum atomic E-state index is -4.36. The Morgan fingerprint density at radius 1 is 1.07 bits per heavy atom. The number of ether oxygens (including phenoxy) is 1. The molecule has 0 aliphatic heterocycles. The maximum Gasteiger partial charge on any atom is 0.422 e. The van der Waals surface area contributed by atoms with Gasteiger partial charge in [0.05, 0.1) is 12.6 Å². The van der Waals surface area contributed by atoms with Gasteiger partial charge in [-0.15, -0.1) is 24.0 Å². The first-order chi connectivity index (χ1) is 13.9. The van der Waals surface area contributed by atoms with Gasteiger partial charge in [0, 0.05) is 13.1 Å². The average Bonchev–Trinajstić information content (AvgIpc) is 2.71. The third-order valence-corrected chi connectivity index (χ3v) is 3.98. The number of rotatable bonds is 9. The smallest absolute Gasteiger partial charge is 0.422 e. The lowest BCUT2D eigenvalue weighted by Gasteiger charge is -2.14. The fourth-order valence-corrected chi connectivity index (χ4v) is 2.54. The zero-order chi connectivity index (χ0) is 21.1. The Morgan fingerprint density at radius 3 is 2.33 bits per heavy atom. The molecule has 1 atom stereocenters. The number of aliphatic hydroxyl groups is 1. The first-order valence-corrected chi connectivity index (χ1v) is 9.41. The first-order valence-electron chi connectivity index (χ1n) is 9.41. The highest BCUT2D eigenvalue weighted by atomic mass is 127. The van der Waals surface area contributed by atoms with Gasteiger partial charge in [-0.3, -0.25) is 0 Å². The summed E-state index contributed by atoms with van der Waals surface area (Å²) in [4.78, 5) is 4.46. The minimum absolute atomic E-state index is 0. The first kappa shape index (κ1) is 26.0. The normalized spacial score (nSPS) is 12.6. The summed E-state index contributed by atoms with van der Waals surface area (Å²) in [5.41, 5.74) is 1.70. The van der Waals surface area contributed by atoms with E-state index >= 15 is 0 Å². The van der Waals surface area contributed by atoms with Crippen molar-refractivity contribution in [1.29, 1.82) is 0 Å². The van der Waals surface area contributed by atoms with Crippen molar-refractivity contribution in [2.24, 2.45) is 4.99 Å². The van der Waals surface area contributed by atoms with E-state index < -0.39 is 18.9 Å². The molecule has 9 heteroatoms. The molecule has 2 aromatic rings. The number of aliphatic hydroxyl groups excluding tert-OH is 1. The van der Waals surface area contributed by atoms with Crippen molar-refractivity contribution in [3.63, 3.8) is 0 Å². The molecule has 0 aromatic heterocycles. The van der Waals surface area contributed by atoms with E-state index in [1.54, 1.807) is 12.1 Å². The molecule has 2 aromatic carbocycles. The molecule has 0 radical (unpaired) electrons. The molecule has 0 spiro atoms. The highest BCUT2D eigenvalue weighted by Gasteiger charge is 2.28. The van der Waals surface area contributed by atoms with E-state index in [-0.39, 0.29) is 29.7 Å².